The third-order valence-corrected chi connectivity index (χ3v) is 3.99. The van der Waals surface area contributed by atoms with E-state index in [1.165, 1.54) is 0 Å². The maximum atomic E-state index is 12.6. The molecule has 0 saturated heterocycles. The van der Waals surface area contributed by atoms with E-state index in [9.17, 15) is 13.2 Å². The molecule has 1 fully saturated rings. The van der Waals surface area contributed by atoms with Gasteiger partial charge in [0.1, 0.15) is 4.75 Å². The van der Waals surface area contributed by atoms with Crippen molar-refractivity contribution in [1.82, 2.24) is 0 Å². The zero-order valence-corrected chi connectivity index (χ0v) is 7.89. The van der Waals surface area contributed by atoms with Crippen LogP contribution in [0.4, 0.5) is 13.2 Å². The number of hydrogen-bond donors (Lipinski definition) is 0. The second-order valence-corrected chi connectivity index (χ2v) is 4.45. The van der Waals surface area contributed by atoms with Crippen LogP contribution in [0.15, 0.2) is 0 Å². The van der Waals surface area contributed by atoms with Gasteiger partial charge in [0.05, 0.1) is 0 Å². The third kappa shape index (κ3) is 1.73. The summed E-state index contributed by atoms with van der Waals surface area (Å²) < 4.78 is 36.3. The van der Waals surface area contributed by atoms with E-state index in [1.807, 2.05) is 0 Å². The topological polar surface area (TPSA) is 0 Å². The van der Waals surface area contributed by atoms with Crippen LogP contribution in [-0.4, -0.2) is 17.2 Å². The van der Waals surface area contributed by atoms with Gasteiger partial charge >= 0.3 is 6.18 Å². The van der Waals surface area contributed by atoms with Gasteiger partial charge in [-0.15, -0.1) is 11.8 Å². The fraction of sp³-hybridized carbons (Fsp3) is 1.00. The molecule has 1 saturated carbocycles. The molecule has 0 nitrogen and oxygen atoms in total. The van der Waals surface area contributed by atoms with Gasteiger partial charge in [-0.2, -0.15) is 13.2 Å². The molecule has 0 unspecified atom stereocenters. The zero-order valence-electron chi connectivity index (χ0n) is 7.08. The Morgan fingerprint density at radius 1 is 1.08 bits per heavy atom. The van der Waals surface area contributed by atoms with E-state index in [1.54, 1.807) is 6.26 Å². The Morgan fingerprint density at radius 3 is 1.83 bits per heavy atom. The van der Waals surface area contributed by atoms with Crippen LogP contribution in [0.25, 0.3) is 0 Å². The molecular weight excluding hydrogens is 185 g/mol. The summed E-state index contributed by atoms with van der Waals surface area (Å²) in [5.41, 5.74) is 0. The highest BCUT2D eigenvalue weighted by atomic mass is 32.2. The van der Waals surface area contributed by atoms with Crippen LogP contribution >= 0.6 is 11.8 Å². The molecule has 0 aromatic carbocycles. The Morgan fingerprint density at radius 2 is 1.58 bits per heavy atom. The minimum atomic E-state index is -4.02. The van der Waals surface area contributed by atoms with Crippen LogP contribution in [0.3, 0.4) is 0 Å². The predicted octanol–water partition coefficient (Wildman–Crippen LogP) is 3.61. The van der Waals surface area contributed by atoms with Crippen molar-refractivity contribution in [3.05, 3.63) is 0 Å². The van der Waals surface area contributed by atoms with Gasteiger partial charge in [0.25, 0.3) is 0 Å². The van der Waals surface area contributed by atoms with Crippen molar-refractivity contribution in [2.24, 2.45) is 0 Å². The summed E-state index contributed by atoms with van der Waals surface area (Å²) in [7, 11) is 0. The van der Waals surface area contributed by atoms with Gasteiger partial charge in [0, 0.05) is 0 Å². The quantitative estimate of drug-likeness (QED) is 0.620. The summed E-state index contributed by atoms with van der Waals surface area (Å²) in [5, 5.41) is 0. The molecule has 0 aliphatic heterocycles. The van der Waals surface area contributed by atoms with Gasteiger partial charge in [0.15, 0.2) is 0 Å². The predicted molar refractivity (Wildman–Crippen MR) is 45.4 cm³/mol. The van der Waals surface area contributed by atoms with Crippen molar-refractivity contribution in [2.75, 3.05) is 6.26 Å². The van der Waals surface area contributed by atoms with Crippen molar-refractivity contribution >= 4 is 11.8 Å². The number of thioether (sulfide) groups is 1. The van der Waals surface area contributed by atoms with E-state index in [4.69, 9.17) is 0 Å². The van der Waals surface area contributed by atoms with Crippen molar-refractivity contribution in [3.63, 3.8) is 0 Å². The van der Waals surface area contributed by atoms with E-state index in [2.05, 4.69) is 0 Å². The van der Waals surface area contributed by atoms with Crippen LogP contribution in [0, 0.1) is 0 Å². The Labute approximate surface area is 74.9 Å². The molecule has 12 heavy (non-hydrogen) atoms. The molecule has 0 N–H and O–H groups in total. The molecule has 0 amide bonds. The molecule has 0 radical (unpaired) electrons. The number of hydrogen-bond acceptors (Lipinski definition) is 1. The first kappa shape index (κ1) is 10.2. The van der Waals surface area contributed by atoms with Crippen LogP contribution in [0.1, 0.15) is 32.1 Å². The Balaban J connectivity index is 2.73. The van der Waals surface area contributed by atoms with E-state index in [-0.39, 0.29) is 0 Å². The van der Waals surface area contributed by atoms with Crippen molar-refractivity contribution in [3.8, 4) is 0 Å². The number of rotatable bonds is 1. The van der Waals surface area contributed by atoms with Gasteiger partial charge in [0.2, 0.25) is 0 Å². The highest BCUT2D eigenvalue weighted by molar-refractivity contribution is 8.00. The molecular formula is C8H13F3S. The Kier molecular flexibility index (Phi) is 2.97. The van der Waals surface area contributed by atoms with E-state index >= 15 is 0 Å². The molecule has 0 aromatic rings. The Bertz CT molecular complexity index is 147. The van der Waals surface area contributed by atoms with Crippen LogP contribution in [-0.2, 0) is 0 Å². The van der Waals surface area contributed by atoms with E-state index in [0.717, 1.165) is 31.0 Å². The lowest BCUT2D eigenvalue weighted by Gasteiger charge is -2.37. The third-order valence-electron chi connectivity index (χ3n) is 2.57. The summed E-state index contributed by atoms with van der Waals surface area (Å²) in [4.78, 5) is 0. The molecule has 1 aliphatic rings. The number of alkyl halides is 3. The molecule has 1 aliphatic carbocycles. The fourth-order valence-electron chi connectivity index (χ4n) is 1.73. The van der Waals surface area contributed by atoms with Gasteiger partial charge in [-0.05, 0) is 19.1 Å². The van der Waals surface area contributed by atoms with Gasteiger partial charge in [-0.25, -0.2) is 0 Å². The first-order valence-electron chi connectivity index (χ1n) is 4.14. The van der Waals surface area contributed by atoms with E-state index in [0.29, 0.717) is 12.8 Å². The normalized spacial score (nSPS) is 24.0. The van der Waals surface area contributed by atoms with Crippen molar-refractivity contribution < 1.29 is 13.2 Å². The second kappa shape index (κ2) is 3.48. The largest absolute Gasteiger partial charge is 0.403 e. The zero-order chi connectivity index (χ0) is 9.24. The van der Waals surface area contributed by atoms with Crippen molar-refractivity contribution in [2.45, 2.75) is 43.0 Å². The summed E-state index contributed by atoms with van der Waals surface area (Å²) in [6, 6.07) is 0. The average Bonchev–Trinajstić information content (AvgIpc) is 2.04. The monoisotopic (exact) mass is 198 g/mol. The lowest BCUT2D eigenvalue weighted by Crippen LogP contribution is -2.43. The minimum absolute atomic E-state index is 0.303. The molecule has 0 bridgehead atoms. The molecule has 72 valence electrons. The Hall–Kier alpha value is 0.140. The van der Waals surface area contributed by atoms with Gasteiger partial charge < -0.3 is 0 Å². The minimum Gasteiger partial charge on any atom is -0.169 e. The first-order chi connectivity index (χ1) is 5.52. The number of halogens is 3. The molecule has 0 spiro atoms. The smallest absolute Gasteiger partial charge is 0.169 e. The molecule has 4 heteroatoms. The maximum absolute atomic E-state index is 12.6. The van der Waals surface area contributed by atoms with Crippen LogP contribution < -0.4 is 0 Å². The second-order valence-electron chi connectivity index (χ2n) is 3.26. The standard InChI is InChI=1S/C8H13F3S/c1-12-7(8(9,10)11)5-3-2-4-6-7/h2-6H2,1H3. The first-order valence-corrected chi connectivity index (χ1v) is 5.36. The van der Waals surface area contributed by atoms with Crippen molar-refractivity contribution in [1.29, 1.82) is 0 Å². The summed E-state index contributed by atoms with van der Waals surface area (Å²) in [6.07, 6.45) is 0.556. The molecule has 0 aromatic heterocycles. The molecule has 0 atom stereocenters. The molecule has 1 rings (SSSR count). The van der Waals surface area contributed by atoms with E-state index < -0.39 is 10.9 Å². The van der Waals surface area contributed by atoms with Gasteiger partial charge in [-0.1, -0.05) is 19.3 Å². The lowest BCUT2D eigenvalue weighted by atomic mass is 9.88. The molecule has 0 heterocycles. The maximum Gasteiger partial charge on any atom is 0.403 e. The summed E-state index contributed by atoms with van der Waals surface area (Å²) >= 11 is 0.975. The van der Waals surface area contributed by atoms with Crippen LogP contribution in [0.2, 0.25) is 0 Å². The van der Waals surface area contributed by atoms with Crippen LogP contribution in [0.5, 0.6) is 0 Å². The fourth-order valence-corrected chi connectivity index (χ4v) is 2.65. The lowest BCUT2D eigenvalue weighted by molar-refractivity contribution is -0.166. The average molecular weight is 198 g/mol. The SMILES string of the molecule is CSC1(C(F)(F)F)CCCCC1. The highest BCUT2D eigenvalue weighted by Gasteiger charge is 2.54. The summed E-state index contributed by atoms with van der Waals surface area (Å²) in [5.74, 6) is 0. The van der Waals surface area contributed by atoms with Gasteiger partial charge in [-0.3, -0.25) is 0 Å². The summed E-state index contributed by atoms with van der Waals surface area (Å²) in [6.45, 7) is 0. The highest BCUT2D eigenvalue weighted by Crippen LogP contribution is 2.49.